The maximum absolute atomic E-state index is 10.8. The zero-order chi connectivity index (χ0) is 8.15. The monoisotopic (exact) mass is 162 g/mol. The van der Waals surface area contributed by atoms with Gasteiger partial charge in [0.1, 0.15) is 6.73 Å². The van der Waals surface area contributed by atoms with Crippen molar-refractivity contribution in [1.82, 2.24) is 10.2 Å². The molecule has 0 unspecified atom stereocenters. The summed E-state index contributed by atoms with van der Waals surface area (Å²) in [5, 5.41) is 10.8. The molecule has 0 atom stereocenters. The first-order valence-electron chi connectivity index (χ1n) is 2.71. The van der Waals surface area contributed by atoms with Crippen molar-refractivity contribution in [3.63, 3.8) is 0 Å². The van der Waals surface area contributed by atoms with E-state index in [0.717, 1.165) is 4.90 Å². The lowest BCUT2D eigenvalue weighted by molar-refractivity contribution is 0.144. The number of carbonyl (C=O) groups is 1. The van der Waals surface area contributed by atoms with Crippen molar-refractivity contribution in [1.29, 1.82) is 0 Å². The molecule has 10 heavy (non-hydrogen) atoms. The summed E-state index contributed by atoms with van der Waals surface area (Å²) < 4.78 is 0. The Bertz CT molecular complexity index is 149. The van der Waals surface area contributed by atoms with Crippen molar-refractivity contribution in [3.8, 4) is 0 Å². The highest BCUT2D eigenvalue weighted by Gasteiger charge is 2.04. The van der Waals surface area contributed by atoms with E-state index in [1.54, 1.807) is 6.92 Å². The van der Waals surface area contributed by atoms with E-state index in [2.05, 4.69) is 17.5 Å². The summed E-state index contributed by atoms with van der Waals surface area (Å²) in [5.74, 6) is 0. The van der Waals surface area contributed by atoms with E-state index in [4.69, 9.17) is 5.11 Å². The lowest BCUT2D eigenvalue weighted by atomic mass is 10.7. The van der Waals surface area contributed by atoms with Crippen LogP contribution in [0, 0.1) is 0 Å². The predicted molar refractivity (Wildman–Crippen MR) is 41.7 cm³/mol. The zero-order valence-corrected chi connectivity index (χ0v) is 6.73. The quantitative estimate of drug-likeness (QED) is 0.419. The van der Waals surface area contributed by atoms with Gasteiger partial charge in [-0.3, -0.25) is 0 Å². The largest absolute Gasteiger partial charge is 0.376 e. The summed E-state index contributed by atoms with van der Waals surface area (Å²) in [4.78, 5) is 12.3. The smallest absolute Gasteiger partial charge is 0.323 e. The summed E-state index contributed by atoms with van der Waals surface area (Å²) >= 11 is 4.60. The van der Waals surface area contributed by atoms with Gasteiger partial charge in [-0.25, -0.2) is 4.79 Å². The highest BCUT2D eigenvalue weighted by molar-refractivity contribution is 7.80. The minimum Gasteiger partial charge on any atom is -0.376 e. The van der Waals surface area contributed by atoms with E-state index >= 15 is 0 Å². The second-order valence-electron chi connectivity index (χ2n) is 1.83. The van der Waals surface area contributed by atoms with Gasteiger partial charge in [0.25, 0.3) is 0 Å². The minimum atomic E-state index is -0.394. The maximum Gasteiger partial charge on any atom is 0.323 e. The minimum absolute atomic E-state index is 0.311. The number of aliphatic hydroxyl groups is 1. The number of nitrogens with one attached hydrogen (secondary N) is 1. The Hall–Kier alpha value is -0.680. The van der Waals surface area contributed by atoms with Crippen LogP contribution in [0.5, 0.6) is 0 Å². The van der Waals surface area contributed by atoms with E-state index in [1.807, 2.05) is 0 Å². The molecule has 4 nitrogen and oxygen atoms in total. The molecule has 0 aromatic heterocycles. The molecule has 5 heteroatoms. The van der Waals surface area contributed by atoms with E-state index < -0.39 is 6.03 Å². The molecule has 0 aliphatic carbocycles. The van der Waals surface area contributed by atoms with Crippen molar-refractivity contribution in [3.05, 3.63) is 0 Å². The third kappa shape index (κ3) is 3.37. The van der Waals surface area contributed by atoms with Crippen LogP contribution in [-0.2, 0) is 0 Å². The first-order valence-corrected chi connectivity index (χ1v) is 3.12. The number of hydrogen-bond acceptors (Lipinski definition) is 3. The van der Waals surface area contributed by atoms with Crippen LogP contribution in [0.2, 0.25) is 0 Å². The highest BCUT2D eigenvalue weighted by Crippen LogP contribution is 1.80. The molecular formula is C5H10N2O2S. The fourth-order valence-electron chi connectivity index (χ4n) is 0.310. The molecule has 2 N–H and O–H groups in total. The topological polar surface area (TPSA) is 52.6 Å². The molecule has 0 aliphatic rings. The number of hydrogen-bond donors (Lipinski definition) is 2. The van der Waals surface area contributed by atoms with Gasteiger partial charge >= 0.3 is 6.03 Å². The molecule has 0 aromatic rings. The van der Waals surface area contributed by atoms with E-state index in [-0.39, 0.29) is 6.73 Å². The van der Waals surface area contributed by atoms with Gasteiger partial charge in [0, 0.05) is 7.05 Å². The molecule has 0 saturated heterocycles. The Morgan fingerprint density at radius 3 is 2.60 bits per heavy atom. The Morgan fingerprint density at radius 2 is 2.30 bits per heavy atom. The zero-order valence-electron chi connectivity index (χ0n) is 5.92. The Balaban J connectivity index is 3.73. The molecule has 2 amide bonds. The Labute approximate surface area is 64.8 Å². The van der Waals surface area contributed by atoms with Crippen molar-refractivity contribution >= 4 is 23.2 Å². The molecule has 0 aliphatic heterocycles. The molecule has 58 valence electrons. The van der Waals surface area contributed by atoms with E-state index in [0.29, 0.717) is 4.99 Å². The summed E-state index contributed by atoms with van der Waals surface area (Å²) in [6.07, 6.45) is 0. The van der Waals surface area contributed by atoms with E-state index in [1.165, 1.54) is 7.05 Å². The molecule has 0 fully saturated rings. The van der Waals surface area contributed by atoms with Crippen molar-refractivity contribution in [2.75, 3.05) is 13.8 Å². The van der Waals surface area contributed by atoms with Crippen LogP contribution in [0.25, 0.3) is 0 Å². The first-order chi connectivity index (χ1) is 4.57. The molecule has 0 radical (unpaired) electrons. The van der Waals surface area contributed by atoms with Crippen molar-refractivity contribution in [2.24, 2.45) is 0 Å². The summed E-state index contributed by atoms with van der Waals surface area (Å²) in [7, 11) is 1.47. The third-order valence-electron chi connectivity index (χ3n) is 0.842. The van der Waals surface area contributed by atoms with Gasteiger partial charge in [0.05, 0.1) is 4.99 Å². The van der Waals surface area contributed by atoms with Gasteiger partial charge in [0.2, 0.25) is 0 Å². The van der Waals surface area contributed by atoms with Gasteiger partial charge in [-0.05, 0) is 6.92 Å². The Morgan fingerprint density at radius 1 is 1.80 bits per heavy atom. The maximum atomic E-state index is 10.8. The fourth-order valence-corrected chi connectivity index (χ4v) is 0.398. The van der Waals surface area contributed by atoms with Gasteiger partial charge in [0.15, 0.2) is 0 Å². The fraction of sp³-hybridized carbons (Fsp3) is 0.600. The number of aliphatic hydroxyl groups excluding tert-OH is 1. The van der Waals surface area contributed by atoms with Crippen LogP contribution in [0.3, 0.4) is 0 Å². The average Bonchev–Trinajstić information content (AvgIpc) is 1.85. The second kappa shape index (κ2) is 4.19. The molecule has 0 aromatic carbocycles. The lowest BCUT2D eigenvalue weighted by Gasteiger charge is -2.13. The number of nitrogens with zero attached hydrogens (tertiary/aromatic N) is 1. The van der Waals surface area contributed by atoms with Crippen LogP contribution in [0.1, 0.15) is 6.92 Å². The van der Waals surface area contributed by atoms with Gasteiger partial charge in [-0.1, -0.05) is 12.2 Å². The SMILES string of the molecule is CC(=S)NC(=O)N(C)CO. The summed E-state index contributed by atoms with van der Waals surface area (Å²) in [5.41, 5.74) is 0. The molecule has 0 rings (SSSR count). The van der Waals surface area contributed by atoms with Crippen LogP contribution >= 0.6 is 12.2 Å². The van der Waals surface area contributed by atoms with Crippen LogP contribution < -0.4 is 5.32 Å². The number of carbonyl (C=O) groups excluding carboxylic acids is 1. The number of urea groups is 1. The third-order valence-corrected chi connectivity index (χ3v) is 0.944. The van der Waals surface area contributed by atoms with Crippen molar-refractivity contribution < 1.29 is 9.90 Å². The van der Waals surface area contributed by atoms with Crippen LogP contribution in [0.4, 0.5) is 4.79 Å². The standard InChI is InChI=1S/C5H10N2O2S/c1-4(10)6-5(9)7(2)3-8/h8H,3H2,1-2H3,(H,6,9,10). The molecule has 0 spiro atoms. The average molecular weight is 162 g/mol. The molecular weight excluding hydrogens is 152 g/mol. The predicted octanol–water partition coefficient (Wildman–Crippen LogP) is -0.0751. The lowest BCUT2D eigenvalue weighted by Crippen LogP contribution is -2.39. The van der Waals surface area contributed by atoms with Crippen LogP contribution in [-0.4, -0.2) is 34.8 Å². The van der Waals surface area contributed by atoms with Crippen LogP contribution in [0.15, 0.2) is 0 Å². The normalized spacial score (nSPS) is 8.70. The van der Waals surface area contributed by atoms with Gasteiger partial charge < -0.3 is 15.3 Å². The highest BCUT2D eigenvalue weighted by atomic mass is 32.1. The summed E-state index contributed by atoms with van der Waals surface area (Å²) in [6, 6.07) is -0.394. The van der Waals surface area contributed by atoms with E-state index in [9.17, 15) is 4.79 Å². The second-order valence-corrected chi connectivity index (χ2v) is 2.44. The number of rotatable bonds is 1. The molecule has 0 bridgehead atoms. The first kappa shape index (κ1) is 9.32. The van der Waals surface area contributed by atoms with Gasteiger partial charge in [-0.2, -0.15) is 0 Å². The van der Waals surface area contributed by atoms with Crippen molar-refractivity contribution in [2.45, 2.75) is 6.92 Å². The summed E-state index contributed by atoms with van der Waals surface area (Å²) in [6.45, 7) is 1.28. The molecule has 0 heterocycles. The number of thiocarbonyl (C=S) groups is 1. The number of amides is 2. The Kier molecular flexibility index (Phi) is 3.90. The molecule has 0 saturated carbocycles. The van der Waals surface area contributed by atoms with Gasteiger partial charge in [-0.15, -0.1) is 0 Å².